The Bertz CT molecular complexity index is 356. The molecule has 3 heteroatoms. The van der Waals surface area contributed by atoms with Gasteiger partial charge in [-0.05, 0) is 24.1 Å². The van der Waals surface area contributed by atoms with Crippen molar-refractivity contribution in [3.8, 4) is 11.5 Å². The number of rotatable bonds is 7. The predicted molar refractivity (Wildman–Crippen MR) is 67.9 cm³/mol. The van der Waals surface area contributed by atoms with Crippen molar-refractivity contribution < 1.29 is 14.3 Å². The molecule has 0 saturated heterocycles. The third-order valence-corrected chi connectivity index (χ3v) is 2.95. The van der Waals surface area contributed by atoms with Gasteiger partial charge >= 0.3 is 0 Å². The lowest BCUT2D eigenvalue weighted by atomic mass is 10.1. The van der Waals surface area contributed by atoms with Crippen LogP contribution in [0, 0.1) is 5.92 Å². The van der Waals surface area contributed by atoms with Gasteiger partial charge in [0.2, 0.25) is 0 Å². The first kappa shape index (κ1) is 13.6. The zero-order valence-electron chi connectivity index (χ0n) is 10.7. The molecular weight excluding hydrogens is 216 g/mol. The maximum absolute atomic E-state index is 10.6. The molecule has 0 unspecified atom stereocenters. The average molecular weight is 236 g/mol. The highest BCUT2D eigenvalue weighted by atomic mass is 16.5. The van der Waals surface area contributed by atoms with Gasteiger partial charge < -0.3 is 9.47 Å². The number of hydrogen-bond acceptors (Lipinski definition) is 3. The number of methoxy groups -OCH3 is 1. The molecule has 0 aromatic heterocycles. The highest BCUT2D eigenvalue weighted by Gasteiger charge is 2.09. The third-order valence-electron chi connectivity index (χ3n) is 2.95. The molecule has 0 heterocycles. The molecule has 1 rings (SSSR count). The second kappa shape index (κ2) is 6.94. The quantitative estimate of drug-likeness (QED) is 0.681. The Labute approximate surface area is 103 Å². The first-order valence-corrected chi connectivity index (χ1v) is 6.01. The molecule has 0 aliphatic rings. The van der Waals surface area contributed by atoms with Crippen molar-refractivity contribution in [2.24, 2.45) is 5.92 Å². The average Bonchev–Trinajstić information content (AvgIpc) is 2.39. The molecule has 17 heavy (non-hydrogen) atoms. The highest BCUT2D eigenvalue weighted by Crippen LogP contribution is 2.28. The lowest BCUT2D eigenvalue weighted by Gasteiger charge is -2.15. The molecule has 0 amide bonds. The summed E-state index contributed by atoms with van der Waals surface area (Å²) in [5.41, 5.74) is 0.594. The second-order valence-electron chi connectivity index (χ2n) is 4.02. The summed E-state index contributed by atoms with van der Waals surface area (Å²) in [4.78, 5) is 10.6. The summed E-state index contributed by atoms with van der Waals surface area (Å²) in [7, 11) is 1.58. The van der Waals surface area contributed by atoms with Crippen molar-refractivity contribution >= 4 is 6.29 Å². The van der Waals surface area contributed by atoms with Gasteiger partial charge in [-0.3, -0.25) is 4.79 Å². The fourth-order valence-corrected chi connectivity index (χ4v) is 1.61. The number of ether oxygens (including phenoxy) is 2. The molecule has 0 N–H and O–H groups in total. The Morgan fingerprint density at radius 3 is 2.47 bits per heavy atom. The Kier molecular flexibility index (Phi) is 5.53. The van der Waals surface area contributed by atoms with E-state index in [0.717, 1.165) is 19.1 Å². The second-order valence-corrected chi connectivity index (χ2v) is 4.02. The van der Waals surface area contributed by atoms with Crippen LogP contribution in [0.3, 0.4) is 0 Å². The van der Waals surface area contributed by atoms with E-state index in [-0.39, 0.29) is 0 Å². The Morgan fingerprint density at radius 1 is 1.24 bits per heavy atom. The maximum Gasteiger partial charge on any atom is 0.161 e. The van der Waals surface area contributed by atoms with Gasteiger partial charge in [-0.1, -0.05) is 26.7 Å². The molecule has 0 saturated carbocycles. The number of carbonyl (C=O) groups excluding carboxylic acids is 1. The van der Waals surface area contributed by atoms with Gasteiger partial charge in [-0.2, -0.15) is 0 Å². The Morgan fingerprint density at radius 2 is 1.94 bits per heavy atom. The lowest BCUT2D eigenvalue weighted by molar-refractivity contribution is 0.112. The van der Waals surface area contributed by atoms with E-state index in [9.17, 15) is 4.79 Å². The van der Waals surface area contributed by atoms with Crippen LogP contribution in [0.2, 0.25) is 0 Å². The van der Waals surface area contributed by atoms with E-state index in [1.165, 1.54) is 0 Å². The van der Waals surface area contributed by atoms with Crippen molar-refractivity contribution in [1.82, 2.24) is 0 Å². The summed E-state index contributed by atoms with van der Waals surface area (Å²) in [6.07, 6.45) is 3.00. The van der Waals surface area contributed by atoms with Gasteiger partial charge in [-0.25, -0.2) is 0 Å². The van der Waals surface area contributed by atoms with Gasteiger partial charge in [0.05, 0.1) is 13.7 Å². The van der Waals surface area contributed by atoms with E-state index in [1.807, 2.05) is 0 Å². The van der Waals surface area contributed by atoms with E-state index in [2.05, 4.69) is 13.8 Å². The fourth-order valence-electron chi connectivity index (χ4n) is 1.61. The SMILES string of the molecule is CCC(CC)COc1ccc(C=O)cc1OC. The van der Waals surface area contributed by atoms with Gasteiger partial charge in [0.1, 0.15) is 6.29 Å². The summed E-state index contributed by atoms with van der Waals surface area (Å²) >= 11 is 0. The maximum atomic E-state index is 10.6. The van der Waals surface area contributed by atoms with Crippen LogP contribution in [0.4, 0.5) is 0 Å². The molecule has 3 nitrogen and oxygen atoms in total. The molecule has 0 atom stereocenters. The molecule has 94 valence electrons. The van der Waals surface area contributed by atoms with Gasteiger partial charge in [0, 0.05) is 5.56 Å². The minimum atomic E-state index is 0.561. The molecule has 0 aliphatic heterocycles. The van der Waals surface area contributed by atoms with Crippen LogP contribution in [0.5, 0.6) is 11.5 Å². The monoisotopic (exact) mass is 236 g/mol. The van der Waals surface area contributed by atoms with Crippen LogP contribution >= 0.6 is 0 Å². The van der Waals surface area contributed by atoms with Crippen LogP contribution in [-0.2, 0) is 0 Å². The summed E-state index contributed by atoms with van der Waals surface area (Å²) in [6, 6.07) is 5.21. The van der Waals surface area contributed by atoms with Crippen molar-refractivity contribution in [1.29, 1.82) is 0 Å². The zero-order chi connectivity index (χ0) is 12.7. The normalized spacial score (nSPS) is 10.4. The van der Waals surface area contributed by atoms with Crippen molar-refractivity contribution in [2.75, 3.05) is 13.7 Å². The molecule has 0 bridgehead atoms. The number of benzene rings is 1. The lowest BCUT2D eigenvalue weighted by Crippen LogP contribution is -2.10. The minimum absolute atomic E-state index is 0.561. The topological polar surface area (TPSA) is 35.5 Å². The smallest absolute Gasteiger partial charge is 0.161 e. The van der Waals surface area contributed by atoms with Crippen molar-refractivity contribution in [2.45, 2.75) is 26.7 Å². The Balaban J connectivity index is 2.73. The van der Waals surface area contributed by atoms with E-state index >= 15 is 0 Å². The van der Waals surface area contributed by atoms with Crippen LogP contribution in [-0.4, -0.2) is 20.0 Å². The molecule has 1 aromatic carbocycles. The van der Waals surface area contributed by atoms with Gasteiger partial charge in [0.25, 0.3) is 0 Å². The van der Waals surface area contributed by atoms with Crippen LogP contribution < -0.4 is 9.47 Å². The first-order valence-electron chi connectivity index (χ1n) is 6.01. The largest absolute Gasteiger partial charge is 0.493 e. The summed E-state index contributed by atoms with van der Waals surface area (Å²) in [5, 5.41) is 0. The predicted octanol–water partition coefficient (Wildman–Crippen LogP) is 3.32. The van der Waals surface area contributed by atoms with Crippen LogP contribution in [0.15, 0.2) is 18.2 Å². The highest BCUT2D eigenvalue weighted by molar-refractivity contribution is 5.76. The van der Waals surface area contributed by atoms with Crippen LogP contribution in [0.25, 0.3) is 0 Å². The molecular formula is C14H20O3. The summed E-state index contributed by atoms with van der Waals surface area (Å²) in [6.45, 7) is 5.00. The van der Waals surface area contributed by atoms with Gasteiger partial charge in [-0.15, -0.1) is 0 Å². The Hall–Kier alpha value is -1.51. The first-order chi connectivity index (χ1) is 8.24. The number of hydrogen-bond donors (Lipinski definition) is 0. The van der Waals surface area contributed by atoms with E-state index in [1.54, 1.807) is 25.3 Å². The van der Waals surface area contributed by atoms with E-state index in [0.29, 0.717) is 29.6 Å². The molecule has 0 spiro atoms. The minimum Gasteiger partial charge on any atom is -0.493 e. The molecule has 0 fully saturated rings. The molecule has 0 radical (unpaired) electrons. The summed E-state index contributed by atoms with van der Waals surface area (Å²) < 4.78 is 10.9. The van der Waals surface area contributed by atoms with E-state index in [4.69, 9.17) is 9.47 Å². The molecule has 1 aromatic rings. The number of carbonyl (C=O) groups is 1. The van der Waals surface area contributed by atoms with Crippen molar-refractivity contribution in [3.63, 3.8) is 0 Å². The fraction of sp³-hybridized carbons (Fsp3) is 0.500. The van der Waals surface area contributed by atoms with Crippen LogP contribution in [0.1, 0.15) is 37.0 Å². The van der Waals surface area contributed by atoms with E-state index < -0.39 is 0 Å². The van der Waals surface area contributed by atoms with Crippen molar-refractivity contribution in [3.05, 3.63) is 23.8 Å². The van der Waals surface area contributed by atoms with Gasteiger partial charge in [0.15, 0.2) is 11.5 Å². The zero-order valence-corrected chi connectivity index (χ0v) is 10.7. The third kappa shape index (κ3) is 3.77. The number of aldehydes is 1. The standard InChI is InChI=1S/C14H20O3/c1-4-11(5-2)10-17-13-7-6-12(9-15)8-14(13)16-3/h6-9,11H,4-5,10H2,1-3H3. The summed E-state index contributed by atoms with van der Waals surface area (Å²) in [5.74, 6) is 1.87. The molecule has 0 aliphatic carbocycles.